The van der Waals surface area contributed by atoms with Crippen LogP contribution < -0.4 is 4.31 Å². The molecule has 194 valence electrons. The topological polar surface area (TPSA) is 82.1 Å². The SMILES string of the molecule is CCCCCC(OP)c1ccc(N2C(COCc3ccc(C(=O)OC(C)C)s3)CCS2(=O)=O)cc1. The van der Waals surface area contributed by atoms with Crippen molar-refractivity contribution in [3.05, 3.63) is 51.7 Å². The first-order chi connectivity index (χ1) is 16.7. The summed E-state index contributed by atoms with van der Waals surface area (Å²) in [5.74, 6) is -0.242. The lowest BCUT2D eigenvalue weighted by Crippen LogP contribution is -2.36. The monoisotopic (exact) mass is 541 g/mol. The van der Waals surface area contributed by atoms with E-state index < -0.39 is 10.0 Å². The third kappa shape index (κ3) is 7.73. The van der Waals surface area contributed by atoms with Gasteiger partial charge in [-0.15, -0.1) is 11.3 Å². The van der Waals surface area contributed by atoms with E-state index >= 15 is 0 Å². The van der Waals surface area contributed by atoms with Gasteiger partial charge in [0, 0.05) is 14.3 Å². The Morgan fingerprint density at radius 3 is 2.57 bits per heavy atom. The van der Waals surface area contributed by atoms with Gasteiger partial charge in [0.05, 0.1) is 42.9 Å². The van der Waals surface area contributed by atoms with Crippen LogP contribution in [-0.4, -0.2) is 38.9 Å². The molecule has 3 unspecified atom stereocenters. The molecule has 2 heterocycles. The van der Waals surface area contributed by atoms with Crippen LogP contribution in [0, 0.1) is 0 Å². The number of nitrogens with zero attached hydrogens (tertiary/aromatic N) is 1. The maximum absolute atomic E-state index is 12.8. The summed E-state index contributed by atoms with van der Waals surface area (Å²) in [7, 11) is -1.05. The van der Waals surface area contributed by atoms with Crippen molar-refractivity contribution in [2.45, 2.75) is 77.7 Å². The molecule has 0 radical (unpaired) electrons. The fourth-order valence-corrected chi connectivity index (χ4v) is 7.06. The number of rotatable bonds is 13. The van der Waals surface area contributed by atoms with Gasteiger partial charge in [0.15, 0.2) is 0 Å². The van der Waals surface area contributed by atoms with Crippen molar-refractivity contribution in [3.8, 4) is 0 Å². The van der Waals surface area contributed by atoms with E-state index in [1.54, 1.807) is 6.07 Å². The zero-order valence-corrected chi connectivity index (χ0v) is 23.4. The van der Waals surface area contributed by atoms with Gasteiger partial charge < -0.3 is 14.0 Å². The molecule has 0 saturated carbocycles. The van der Waals surface area contributed by atoms with Crippen molar-refractivity contribution in [3.63, 3.8) is 0 Å². The molecule has 3 rings (SSSR count). The molecular weight excluding hydrogens is 505 g/mol. The normalized spacial score (nSPS) is 18.2. The average Bonchev–Trinajstić information content (AvgIpc) is 3.41. The zero-order valence-electron chi connectivity index (χ0n) is 20.6. The summed E-state index contributed by atoms with van der Waals surface area (Å²) in [6.45, 7) is 6.39. The molecule has 2 aromatic rings. The van der Waals surface area contributed by atoms with Crippen molar-refractivity contribution in [2.24, 2.45) is 0 Å². The largest absolute Gasteiger partial charge is 0.459 e. The minimum absolute atomic E-state index is 0.0246. The highest BCUT2D eigenvalue weighted by atomic mass is 32.2. The highest BCUT2D eigenvalue weighted by Crippen LogP contribution is 2.33. The average molecular weight is 542 g/mol. The zero-order chi connectivity index (χ0) is 25.4. The van der Waals surface area contributed by atoms with Gasteiger partial charge in [-0.3, -0.25) is 4.31 Å². The van der Waals surface area contributed by atoms with Crippen molar-refractivity contribution in [2.75, 3.05) is 16.7 Å². The van der Waals surface area contributed by atoms with Crippen LogP contribution in [0.4, 0.5) is 5.69 Å². The van der Waals surface area contributed by atoms with Gasteiger partial charge in [-0.25, -0.2) is 13.2 Å². The van der Waals surface area contributed by atoms with E-state index in [1.807, 2.05) is 44.2 Å². The molecule has 10 heteroatoms. The van der Waals surface area contributed by atoms with Crippen LogP contribution in [0.25, 0.3) is 0 Å². The number of anilines is 1. The minimum Gasteiger partial charge on any atom is -0.459 e. The Bertz CT molecular complexity index is 1050. The van der Waals surface area contributed by atoms with E-state index in [4.69, 9.17) is 14.0 Å². The van der Waals surface area contributed by atoms with Crippen molar-refractivity contribution >= 4 is 42.5 Å². The summed E-state index contributed by atoms with van der Waals surface area (Å²) >= 11 is 1.33. The van der Waals surface area contributed by atoms with Crippen LogP contribution in [0.1, 0.15) is 79.1 Å². The van der Waals surface area contributed by atoms with E-state index in [1.165, 1.54) is 15.6 Å². The molecule has 1 aliphatic heterocycles. The molecule has 1 saturated heterocycles. The Labute approximate surface area is 215 Å². The number of ether oxygens (including phenoxy) is 2. The van der Waals surface area contributed by atoms with Crippen LogP contribution in [0.5, 0.6) is 0 Å². The molecule has 35 heavy (non-hydrogen) atoms. The summed E-state index contributed by atoms with van der Waals surface area (Å²) in [6, 6.07) is 10.9. The van der Waals surface area contributed by atoms with Crippen molar-refractivity contribution in [1.82, 2.24) is 0 Å². The van der Waals surface area contributed by atoms with Crippen LogP contribution in [0.2, 0.25) is 0 Å². The smallest absolute Gasteiger partial charge is 0.348 e. The number of hydrogen-bond acceptors (Lipinski definition) is 7. The molecule has 1 aromatic heterocycles. The number of esters is 1. The van der Waals surface area contributed by atoms with Gasteiger partial charge in [-0.05, 0) is 56.5 Å². The minimum atomic E-state index is -3.40. The van der Waals surface area contributed by atoms with Gasteiger partial charge in [0.25, 0.3) is 0 Å². The Kier molecular flexibility index (Phi) is 10.5. The quantitative estimate of drug-likeness (QED) is 0.179. The van der Waals surface area contributed by atoms with Crippen LogP contribution in [-0.2, 0) is 30.6 Å². The molecule has 7 nitrogen and oxygen atoms in total. The van der Waals surface area contributed by atoms with Crippen LogP contribution in [0.15, 0.2) is 36.4 Å². The number of carbonyl (C=O) groups excluding carboxylic acids is 1. The van der Waals surface area contributed by atoms with Gasteiger partial charge in [-0.1, -0.05) is 38.3 Å². The number of benzene rings is 1. The second-order valence-corrected chi connectivity index (χ2v) is 12.4. The highest BCUT2D eigenvalue weighted by molar-refractivity contribution is 7.93. The summed E-state index contributed by atoms with van der Waals surface area (Å²) in [4.78, 5) is 13.5. The fraction of sp³-hybridized carbons (Fsp3) is 0.560. The molecule has 1 fully saturated rings. The third-order valence-corrected chi connectivity index (χ3v) is 9.08. The Balaban J connectivity index is 1.61. The van der Waals surface area contributed by atoms with Gasteiger partial charge >= 0.3 is 5.97 Å². The molecule has 1 aliphatic rings. The molecule has 0 amide bonds. The molecule has 1 aromatic carbocycles. The first kappa shape index (κ1) is 28.1. The maximum Gasteiger partial charge on any atom is 0.348 e. The second-order valence-electron chi connectivity index (χ2n) is 9.00. The van der Waals surface area contributed by atoms with Crippen LogP contribution >= 0.6 is 20.8 Å². The van der Waals surface area contributed by atoms with E-state index in [0.29, 0.717) is 23.6 Å². The molecule has 0 aliphatic carbocycles. The number of sulfonamides is 1. The second kappa shape index (κ2) is 13.2. The number of unbranched alkanes of at least 4 members (excludes halogenated alkanes) is 2. The Hall–Kier alpha value is -1.51. The molecular formula is C25H36NO6PS2. The third-order valence-electron chi connectivity index (χ3n) is 5.85. The molecule has 3 atom stereocenters. The van der Waals surface area contributed by atoms with E-state index in [2.05, 4.69) is 16.4 Å². The highest BCUT2D eigenvalue weighted by Gasteiger charge is 2.37. The standard InChI is InChI=1S/C25H36NO6PS2/c1-4-5-6-7-23(32-33)19-8-10-20(11-9-19)26-21(14-15-35(26,28)29)16-30-17-22-12-13-24(34-22)25(27)31-18(2)3/h8-13,18,21,23H,4-7,14-17,33H2,1-3H3. The van der Waals surface area contributed by atoms with Gasteiger partial charge in [0.1, 0.15) is 4.88 Å². The summed E-state index contributed by atoms with van der Waals surface area (Å²) < 4.78 is 43.8. The summed E-state index contributed by atoms with van der Waals surface area (Å²) in [5, 5.41) is 0. The van der Waals surface area contributed by atoms with E-state index in [9.17, 15) is 13.2 Å². The van der Waals surface area contributed by atoms with Crippen LogP contribution in [0.3, 0.4) is 0 Å². The molecule has 0 spiro atoms. The number of hydrogen-bond donors (Lipinski definition) is 0. The first-order valence-corrected chi connectivity index (χ1v) is 15.0. The summed E-state index contributed by atoms with van der Waals surface area (Å²) in [5.41, 5.74) is 1.68. The number of thiophene rings is 1. The van der Waals surface area contributed by atoms with E-state index in [0.717, 1.165) is 36.1 Å². The summed E-state index contributed by atoms with van der Waals surface area (Å²) in [6.07, 6.45) is 4.63. The lowest BCUT2D eigenvalue weighted by Gasteiger charge is -2.26. The molecule has 0 N–H and O–H groups in total. The maximum atomic E-state index is 12.8. The molecule has 0 bridgehead atoms. The lowest BCUT2D eigenvalue weighted by molar-refractivity contribution is 0.0384. The van der Waals surface area contributed by atoms with Crippen molar-refractivity contribution in [1.29, 1.82) is 0 Å². The first-order valence-electron chi connectivity index (χ1n) is 12.1. The Morgan fingerprint density at radius 2 is 1.91 bits per heavy atom. The predicted octanol–water partition coefficient (Wildman–Crippen LogP) is 5.87. The number of carbonyl (C=O) groups is 1. The van der Waals surface area contributed by atoms with E-state index in [-0.39, 0.29) is 36.6 Å². The Morgan fingerprint density at radius 1 is 1.17 bits per heavy atom. The predicted molar refractivity (Wildman–Crippen MR) is 143 cm³/mol. The van der Waals surface area contributed by atoms with Crippen molar-refractivity contribution < 1.29 is 27.2 Å². The van der Waals surface area contributed by atoms with Gasteiger partial charge in [-0.2, -0.15) is 0 Å². The lowest BCUT2D eigenvalue weighted by atomic mass is 10.0. The van der Waals surface area contributed by atoms with Gasteiger partial charge in [0.2, 0.25) is 10.0 Å². The fourth-order valence-electron chi connectivity index (χ4n) is 4.11.